The molecule has 1 amide bonds. The third kappa shape index (κ3) is 5.12. The van der Waals surface area contributed by atoms with Crippen LogP contribution in [-0.4, -0.2) is 30.0 Å². The summed E-state index contributed by atoms with van der Waals surface area (Å²) in [4.78, 5) is 37.0. The van der Waals surface area contributed by atoms with Crippen molar-refractivity contribution in [3.05, 3.63) is 69.0 Å². The Labute approximate surface area is 160 Å². The maximum Gasteiger partial charge on any atom is 0.332 e. The summed E-state index contributed by atoms with van der Waals surface area (Å²) >= 11 is 2.46. The number of rotatable bonds is 7. The predicted molar refractivity (Wildman–Crippen MR) is 106 cm³/mol. The number of esters is 1. The number of nitrogens with one attached hydrogen (secondary N) is 1. The molecule has 0 fully saturated rings. The molecule has 0 unspecified atom stereocenters. The van der Waals surface area contributed by atoms with E-state index >= 15 is 0 Å². The quantitative estimate of drug-likeness (QED) is 0.333. The van der Waals surface area contributed by atoms with E-state index in [1.807, 2.05) is 19.1 Å². The Balaban J connectivity index is 2.36. The molecule has 0 aliphatic carbocycles. The highest BCUT2D eigenvalue weighted by Crippen LogP contribution is 2.40. The van der Waals surface area contributed by atoms with Crippen molar-refractivity contribution in [3.8, 4) is 0 Å². The number of hydrogen-bond acceptors (Lipinski definition) is 6. The van der Waals surface area contributed by atoms with Gasteiger partial charge in [0.05, 0.1) is 15.7 Å². The Kier molecular flexibility index (Phi) is 7.29. The lowest BCUT2D eigenvalue weighted by atomic mass is 10.1. The Morgan fingerprint density at radius 1 is 1.31 bits per heavy atom. The number of benzene rings is 1. The average Bonchev–Trinajstić information content (AvgIpc) is 2.62. The highest BCUT2D eigenvalue weighted by Gasteiger charge is 2.29. The molecule has 0 aromatic heterocycles. The fourth-order valence-electron chi connectivity index (χ4n) is 2.04. The molecule has 1 N–H and O–H groups in total. The van der Waals surface area contributed by atoms with Crippen molar-refractivity contribution in [2.75, 3.05) is 12.4 Å². The van der Waals surface area contributed by atoms with Crippen molar-refractivity contribution in [2.45, 2.75) is 13.8 Å². The molecule has 7 heteroatoms. The van der Waals surface area contributed by atoms with Crippen molar-refractivity contribution in [2.24, 2.45) is 0 Å². The van der Waals surface area contributed by atoms with Crippen LogP contribution in [0.1, 0.15) is 22.8 Å². The number of carbonyl (C=O) groups excluding carboxylic acids is 3. The Morgan fingerprint density at radius 3 is 2.62 bits per heavy atom. The van der Waals surface area contributed by atoms with Crippen LogP contribution < -0.4 is 5.32 Å². The second-order valence-corrected chi connectivity index (χ2v) is 7.61. The Bertz CT molecular complexity index is 794. The minimum Gasteiger partial charge on any atom is -0.463 e. The first-order valence-electron chi connectivity index (χ1n) is 7.93. The number of allylic oxidation sites excluding steroid dienone is 1. The van der Waals surface area contributed by atoms with E-state index in [1.54, 1.807) is 25.1 Å². The molecule has 0 radical (unpaired) electrons. The lowest BCUT2D eigenvalue weighted by Crippen LogP contribution is -2.32. The number of carbonyl (C=O) groups is 3. The highest BCUT2D eigenvalue weighted by molar-refractivity contribution is 8.24. The van der Waals surface area contributed by atoms with Crippen LogP contribution in [0.25, 0.3) is 0 Å². The number of Topliss-reactive ketones (excluding diaryl/α,β-unsaturated/α-hetero) is 1. The smallest absolute Gasteiger partial charge is 0.332 e. The maximum absolute atomic E-state index is 12.8. The summed E-state index contributed by atoms with van der Waals surface area (Å²) in [6.07, 6.45) is 2.85. The van der Waals surface area contributed by atoms with Gasteiger partial charge in [0, 0.05) is 17.4 Å². The topological polar surface area (TPSA) is 72.5 Å². The zero-order valence-corrected chi connectivity index (χ0v) is 16.2. The van der Waals surface area contributed by atoms with E-state index in [9.17, 15) is 14.4 Å². The molecule has 5 nitrogen and oxygen atoms in total. The van der Waals surface area contributed by atoms with Crippen molar-refractivity contribution < 1.29 is 19.1 Å². The average molecular weight is 389 g/mol. The lowest BCUT2D eigenvalue weighted by molar-refractivity contribution is -0.137. The molecular weight excluding hydrogens is 370 g/mol. The van der Waals surface area contributed by atoms with Crippen molar-refractivity contribution >= 4 is 41.2 Å². The van der Waals surface area contributed by atoms with E-state index in [4.69, 9.17) is 4.74 Å². The standard InChI is InChI=1S/C19H19NO4S2/c1-4-10-25-19-16(17(22)13-8-6-12(3)7-9-13)20-18(23)14(26-19)11-15(21)24-5-2/h4,6-9,11H,1,5,10H2,2-3H3,(H,20,23)/b14-11+. The monoisotopic (exact) mass is 389 g/mol. The molecule has 1 aliphatic heterocycles. The van der Waals surface area contributed by atoms with Crippen LogP contribution in [0.3, 0.4) is 0 Å². The molecule has 0 spiro atoms. The van der Waals surface area contributed by atoms with Gasteiger partial charge in [-0.2, -0.15) is 0 Å². The van der Waals surface area contributed by atoms with Crippen LogP contribution in [0.15, 0.2) is 57.8 Å². The van der Waals surface area contributed by atoms with Crippen molar-refractivity contribution in [3.63, 3.8) is 0 Å². The first kappa shape index (κ1) is 20.1. The normalized spacial score (nSPS) is 15.6. The summed E-state index contributed by atoms with van der Waals surface area (Å²) < 4.78 is 5.47. The van der Waals surface area contributed by atoms with Crippen LogP contribution in [0.4, 0.5) is 0 Å². The van der Waals surface area contributed by atoms with Crippen LogP contribution in [0.2, 0.25) is 0 Å². The number of ether oxygens (including phenoxy) is 1. The van der Waals surface area contributed by atoms with E-state index in [0.717, 1.165) is 23.4 Å². The fraction of sp³-hybridized carbons (Fsp3) is 0.211. The number of aryl methyl sites for hydroxylation is 1. The molecule has 1 heterocycles. The van der Waals surface area contributed by atoms with E-state index in [2.05, 4.69) is 11.9 Å². The van der Waals surface area contributed by atoms with Gasteiger partial charge in [-0.25, -0.2) is 4.79 Å². The van der Waals surface area contributed by atoms with E-state index in [1.165, 1.54) is 11.8 Å². The van der Waals surface area contributed by atoms with Gasteiger partial charge in [-0.15, -0.1) is 18.3 Å². The first-order chi connectivity index (χ1) is 12.5. The molecular formula is C19H19NO4S2. The van der Waals surface area contributed by atoms with Gasteiger partial charge in [-0.3, -0.25) is 9.59 Å². The number of amides is 1. The minimum absolute atomic E-state index is 0.190. The molecule has 1 aromatic rings. The van der Waals surface area contributed by atoms with Crippen LogP contribution in [0, 0.1) is 6.92 Å². The van der Waals surface area contributed by atoms with Gasteiger partial charge in [-0.1, -0.05) is 47.7 Å². The van der Waals surface area contributed by atoms with E-state index < -0.39 is 11.9 Å². The van der Waals surface area contributed by atoms with Gasteiger partial charge < -0.3 is 10.1 Å². The van der Waals surface area contributed by atoms with Crippen molar-refractivity contribution in [1.29, 1.82) is 0 Å². The molecule has 0 saturated heterocycles. The minimum atomic E-state index is -0.591. The molecule has 1 aliphatic rings. The molecule has 0 atom stereocenters. The van der Waals surface area contributed by atoms with E-state index in [-0.39, 0.29) is 23.0 Å². The molecule has 0 saturated carbocycles. The Hall–Kier alpha value is -2.25. The predicted octanol–water partition coefficient (Wildman–Crippen LogP) is 3.58. The van der Waals surface area contributed by atoms with Crippen LogP contribution in [-0.2, 0) is 14.3 Å². The second kappa shape index (κ2) is 9.45. The lowest BCUT2D eigenvalue weighted by Gasteiger charge is -2.21. The summed E-state index contributed by atoms with van der Waals surface area (Å²) in [5.74, 6) is -0.796. The largest absolute Gasteiger partial charge is 0.463 e. The van der Waals surface area contributed by atoms with Gasteiger partial charge in [-0.05, 0) is 13.8 Å². The third-order valence-electron chi connectivity index (χ3n) is 3.28. The van der Waals surface area contributed by atoms with Crippen molar-refractivity contribution in [1.82, 2.24) is 5.32 Å². The van der Waals surface area contributed by atoms with Gasteiger partial charge in [0.2, 0.25) is 5.78 Å². The first-order valence-corrected chi connectivity index (χ1v) is 9.73. The van der Waals surface area contributed by atoms with Crippen LogP contribution in [0.5, 0.6) is 0 Å². The second-order valence-electron chi connectivity index (χ2n) is 5.27. The van der Waals surface area contributed by atoms with Crippen LogP contribution >= 0.6 is 23.5 Å². The summed E-state index contributed by atoms with van der Waals surface area (Å²) in [5, 5.41) is 2.62. The Morgan fingerprint density at radius 2 is 2.00 bits per heavy atom. The summed E-state index contributed by atoms with van der Waals surface area (Å²) in [7, 11) is 0. The third-order valence-corrected chi connectivity index (χ3v) is 5.66. The summed E-state index contributed by atoms with van der Waals surface area (Å²) in [6, 6.07) is 7.13. The zero-order valence-electron chi connectivity index (χ0n) is 14.5. The van der Waals surface area contributed by atoms with Gasteiger partial charge in [0.25, 0.3) is 5.91 Å². The zero-order chi connectivity index (χ0) is 19.1. The number of ketones is 1. The molecule has 1 aromatic carbocycles. The number of hydrogen-bond donors (Lipinski definition) is 1. The molecule has 136 valence electrons. The fourth-order valence-corrected chi connectivity index (χ4v) is 4.06. The van der Waals surface area contributed by atoms with Gasteiger partial charge in [0.1, 0.15) is 5.70 Å². The summed E-state index contributed by atoms with van der Waals surface area (Å²) in [5.41, 5.74) is 1.75. The molecule has 26 heavy (non-hydrogen) atoms. The van der Waals surface area contributed by atoms with E-state index in [0.29, 0.717) is 15.6 Å². The maximum atomic E-state index is 12.8. The van der Waals surface area contributed by atoms with Gasteiger partial charge in [0.15, 0.2) is 0 Å². The SMILES string of the molecule is C=CCSC1=C(C(=O)c2ccc(C)cc2)NC(=O)/C(=C\C(=O)OCC)S1. The number of thioether (sulfide) groups is 2. The molecule has 0 bridgehead atoms. The molecule has 2 rings (SSSR count). The highest BCUT2D eigenvalue weighted by atomic mass is 32.2. The van der Waals surface area contributed by atoms with Gasteiger partial charge >= 0.3 is 5.97 Å². The summed E-state index contributed by atoms with van der Waals surface area (Å²) in [6.45, 7) is 7.52.